The van der Waals surface area contributed by atoms with Crippen molar-refractivity contribution in [2.24, 2.45) is 5.92 Å². The maximum Gasteiger partial charge on any atom is 0.410 e. The molecule has 0 radical (unpaired) electrons. The third-order valence-electron chi connectivity index (χ3n) is 5.37. The Labute approximate surface area is 161 Å². The van der Waals surface area contributed by atoms with Crippen LogP contribution < -0.4 is 0 Å². The van der Waals surface area contributed by atoms with E-state index in [9.17, 15) is 18.4 Å². The highest BCUT2D eigenvalue weighted by Gasteiger charge is 2.37. The molecule has 0 spiro atoms. The molecule has 1 aliphatic carbocycles. The first-order chi connectivity index (χ1) is 13.2. The number of likely N-dealkylation sites (tertiary alicyclic amines) is 1. The smallest absolute Gasteiger partial charge is 0.410 e. The number of nitrogens with one attached hydrogen (secondary N) is 1. The van der Waals surface area contributed by atoms with Gasteiger partial charge in [-0.1, -0.05) is 0 Å². The molecule has 1 unspecified atom stereocenters. The lowest BCUT2D eigenvalue weighted by atomic mass is 10.1. The number of aldehydes is 1. The van der Waals surface area contributed by atoms with Gasteiger partial charge in [0.25, 0.3) is 0 Å². The lowest BCUT2D eigenvalue weighted by Gasteiger charge is -2.27. The Hall–Kier alpha value is -2.51. The van der Waals surface area contributed by atoms with Crippen LogP contribution in [-0.2, 0) is 22.4 Å². The van der Waals surface area contributed by atoms with Crippen molar-refractivity contribution in [3.63, 3.8) is 0 Å². The maximum absolute atomic E-state index is 15.0. The molecule has 6 nitrogen and oxygen atoms in total. The molecule has 1 saturated heterocycles. The second kappa shape index (κ2) is 6.53. The highest BCUT2D eigenvalue weighted by molar-refractivity contribution is 5.80. The van der Waals surface area contributed by atoms with Crippen molar-refractivity contribution in [2.75, 3.05) is 6.54 Å². The monoisotopic (exact) mass is 391 g/mol. The standard InChI is InChI=1S/C20H23F2N3O3/c1-20(2,3)28-19(27)25-6-4-5-13(25)18-23-16-14(21)11-7-10(9-26)8-12(11)15(22)17(16)24-18/h9-10,13H,4-8H2,1-3H3,(H,23,24)/t13-/m0/s1. The Morgan fingerprint density at radius 2 is 1.93 bits per heavy atom. The van der Waals surface area contributed by atoms with Crippen LogP contribution in [0.2, 0.25) is 0 Å². The van der Waals surface area contributed by atoms with Crippen molar-refractivity contribution >= 4 is 23.4 Å². The molecular weight excluding hydrogens is 368 g/mol. The van der Waals surface area contributed by atoms with Crippen LogP contribution >= 0.6 is 0 Å². The molecule has 1 fully saturated rings. The van der Waals surface area contributed by atoms with Gasteiger partial charge in [0.1, 0.15) is 28.7 Å². The highest BCUT2D eigenvalue weighted by Crippen LogP contribution is 2.38. The van der Waals surface area contributed by atoms with Gasteiger partial charge in [-0.2, -0.15) is 0 Å². The number of aromatic amines is 1. The fourth-order valence-corrected chi connectivity index (χ4v) is 4.13. The van der Waals surface area contributed by atoms with E-state index in [2.05, 4.69) is 9.97 Å². The molecule has 2 atom stereocenters. The fraction of sp³-hybridized carbons (Fsp3) is 0.550. The molecule has 0 saturated carbocycles. The molecule has 8 heteroatoms. The first-order valence-corrected chi connectivity index (χ1v) is 9.53. The molecule has 28 heavy (non-hydrogen) atoms. The number of ether oxygens (including phenoxy) is 1. The Bertz CT molecular complexity index is 915. The zero-order valence-corrected chi connectivity index (χ0v) is 16.1. The molecule has 1 N–H and O–H groups in total. The Morgan fingerprint density at radius 3 is 2.57 bits per heavy atom. The van der Waals surface area contributed by atoms with Crippen LogP contribution in [0.4, 0.5) is 13.6 Å². The highest BCUT2D eigenvalue weighted by atomic mass is 19.1. The number of imidazole rings is 1. The number of benzene rings is 1. The Kier molecular flexibility index (Phi) is 4.39. The molecule has 0 bridgehead atoms. The summed E-state index contributed by atoms with van der Waals surface area (Å²) in [5.74, 6) is -1.19. The van der Waals surface area contributed by atoms with E-state index in [1.807, 2.05) is 0 Å². The summed E-state index contributed by atoms with van der Waals surface area (Å²) in [5.41, 5.74) is -0.238. The van der Waals surface area contributed by atoms with Crippen LogP contribution in [0.5, 0.6) is 0 Å². The topological polar surface area (TPSA) is 75.3 Å². The average molecular weight is 391 g/mol. The summed E-state index contributed by atoms with van der Waals surface area (Å²) in [4.78, 5) is 32.3. The zero-order valence-electron chi connectivity index (χ0n) is 16.1. The SMILES string of the molecule is CC(C)(C)OC(=O)N1CCC[C@H]1c1nc2c(F)c3c(c(F)c2[nH]1)CC(C=O)C3. The second-order valence-electron chi connectivity index (χ2n) is 8.57. The number of hydrogen-bond acceptors (Lipinski definition) is 4. The minimum absolute atomic E-state index is 0.00571. The number of nitrogens with zero attached hydrogens (tertiary/aromatic N) is 2. The summed E-state index contributed by atoms with van der Waals surface area (Å²) in [7, 11) is 0. The molecular formula is C20H23F2N3O3. The van der Waals surface area contributed by atoms with Gasteiger partial charge in [-0.05, 0) is 57.6 Å². The maximum atomic E-state index is 15.0. The van der Waals surface area contributed by atoms with Gasteiger partial charge in [0.15, 0.2) is 11.6 Å². The van der Waals surface area contributed by atoms with Crippen LogP contribution in [0.25, 0.3) is 11.0 Å². The lowest BCUT2D eigenvalue weighted by molar-refractivity contribution is -0.110. The molecule has 1 amide bonds. The molecule has 2 aromatic rings. The molecule has 150 valence electrons. The fourth-order valence-electron chi connectivity index (χ4n) is 4.13. The molecule has 2 heterocycles. The number of carbonyl (C=O) groups excluding carboxylic acids is 2. The number of rotatable bonds is 2. The van der Waals surface area contributed by atoms with E-state index in [1.165, 1.54) is 0 Å². The van der Waals surface area contributed by atoms with Gasteiger partial charge < -0.3 is 14.5 Å². The number of aromatic nitrogens is 2. The molecule has 1 aromatic carbocycles. The number of halogens is 2. The number of amides is 1. The van der Waals surface area contributed by atoms with Crippen molar-refractivity contribution in [3.8, 4) is 0 Å². The van der Waals surface area contributed by atoms with Crippen LogP contribution in [0.15, 0.2) is 0 Å². The minimum atomic E-state index is -0.633. The molecule has 4 rings (SSSR count). The first kappa shape index (κ1) is 18.8. The van der Waals surface area contributed by atoms with E-state index in [1.54, 1.807) is 25.7 Å². The van der Waals surface area contributed by atoms with Crippen molar-refractivity contribution in [1.82, 2.24) is 14.9 Å². The largest absolute Gasteiger partial charge is 0.444 e. The van der Waals surface area contributed by atoms with Crippen LogP contribution in [0, 0.1) is 17.6 Å². The van der Waals surface area contributed by atoms with Gasteiger partial charge in [-0.3, -0.25) is 4.90 Å². The zero-order chi connectivity index (χ0) is 20.2. The summed E-state index contributed by atoms with van der Waals surface area (Å²) in [6.07, 6.45) is 2.04. The van der Waals surface area contributed by atoms with E-state index in [0.29, 0.717) is 18.8 Å². The van der Waals surface area contributed by atoms with E-state index in [-0.39, 0.29) is 35.0 Å². The van der Waals surface area contributed by atoms with E-state index < -0.39 is 35.3 Å². The van der Waals surface area contributed by atoms with Gasteiger partial charge in [-0.25, -0.2) is 18.6 Å². The van der Waals surface area contributed by atoms with Crippen LogP contribution in [0.1, 0.15) is 56.6 Å². The summed E-state index contributed by atoms with van der Waals surface area (Å²) >= 11 is 0. The number of hydrogen-bond donors (Lipinski definition) is 1. The summed E-state index contributed by atoms with van der Waals surface area (Å²) in [6, 6.07) is -0.418. The molecule has 1 aliphatic heterocycles. The normalized spacial score (nSPS) is 20.0. The van der Waals surface area contributed by atoms with E-state index in [4.69, 9.17) is 4.74 Å². The Balaban J connectivity index is 1.71. The summed E-state index contributed by atoms with van der Waals surface area (Å²) in [6.45, 7) is 5.86. The van der Waals surface area contributed by atoms with E-state index >= 15 is 0 Å². The van der Waals surface area contributed by atoms with Gasteiger partial charge in [0.2, 0.25) is 0 Å². The van der Waals surface area contributed by atoms with Crippen molar-refractivity contribution in [2.45, 2.75) is 58.1 Å². The first-order valence-electron chi connectivity index (χ1n) is 9.53. The van der Waals surface area contributed by atoms with E-state index in [0.717, 1.165) is 12.7 Å². The third kappa shape index (κ3) is 3.04. The van der Waals surface area contributed by atoms with Crippen LogP contribution in [0.3, 0.4) is 0 Å². The van der Waals surface area contributed by atoms with Gasteiger partial charge in [-0.15, -0.1) is 0 Å². The van der Waals surface area contributed by atoms with Crippen LogP contribution in [-0.4, -0.2) is 39.4 Å². The molecule has 2 aliphatic rings. The van der Waals surface area contributed by atoms with Gasteiger partial charge in [0.05, 0.1) is 6.04 Å². The molecule has 1 aromatic heterocycles. The average Bonchev–Trinajstić information content (AvgIpc) is 3.34. The van der Waals surface area contributed by atoms with Crippen molar-refractivity contribution in [3.05, 3.63) is 28.6 Å². The summed E-state index contributed by atoms with van der Waals surface area (Å²) < 4.78 is 35.4. The lowest BCUT2D eigenvalue weighted by Crippen LogP contribution is -2.36. The summed E-state index contributed by atoms with van der Waals surface area (Å²) in [5, 5.41) is 0. The van der Waals surface area contributed by atoms with Crippen molar-refractivity contribution in [1.29, 1.82) is 0 Å². The van der Waals surface area contributed by atoms with Gasteiger partial charge in [0, 0.05) is 12.5 Å². The number of H-pyrrole nitrogens is 1. The quantitative estimate of drug-likeness (QED) is 0.790. The minimum Gasteiger partial charge on any atom is -0.444 e. The predicted molar refractivity (Wildman–Crippen MR) is 97.9 cm³/mol. The van der Waals surface area contributed by atoms with Crippen molar-refractivity contribution < 1.29 is 23.1 Å². The number of carbonyl (C=O) groups is 2. The number of fused-ring (bicyclic) bond motifs is 2. The Morgan fingerprint density at radius 1 is 1.25 bits per heavy atom. The third-order valence-corrected chi connectivity index (χ3v) is 5.37. The van der Waals surface area contributed by atoms with Gasteiger partial charge >= 0.3 is 6.09 Å². The predicted octanol–water partition coefficient (Wildman–Crippen LogP) is 3.83. The second-order valence-corrected chi connectivity index (χ2v) is 8.57.